The summed E-state index contributed by atoms with van der Waals surface area (Å²) in [4.78, 5) is 7.05. The van der Waals surface area contributed by atoms with Gasteiger partial charge in [0.15, 0.2) is 0 Å². The Balaban J connectivity index is 1.49. The minimum atomic E-state index is 0.394. The van der Waals surface area contributed by atoms with Crippen molar-refractivity contribution in [3.63, 3.8) is 0 Å². The summed E-state index contributed by atoms with van der Waals surface area (Å²) in [5.74, 6) is 0. The van der Waals surface area contributed by atoms with Crippen molar-refractivity contribution < 1.29 is 4.74 Å². The van der Waals surface area contributed by atoms with Gasteiger partial charge in [0, 0.05) is 38.4 Å². The zero-order valence-corrected chi connectivity index (χ0v) is 12.3. The van der Waals surface area contributed by atoms with Gasteiger partial charge in [0.05, 0.1) is 18.4 Å². The molecule has 20 heavy (non-hydrogen) atoms. The Morgan fingerprint density at radius 2 is 2.30 bits per heavy atom. The minimum absolute atomic E-state index is 0.394. The van der Waals surface area contributed by atoms with Gasteiger partial charge in [-0.1, -0.05) is 13.0 Å². The Bertz CT molecular complexity index is 416. The minimum Gasteiger partial charge on any atom is -0.376 e. The van der Waals surface area contributed by atoms with Crippen LogP contribution in [0.5, 0.6) is 0 Å². The standard InChI is InChI=1S/C16H25N3O/c1-2-16-12-19(7-8-20-16)11-15-4-3-13(10-18-15)9-17-14-5-6-14/h3-4,10,14,16-17H,2,5-9,11-12H2,1H3. The third kappa shape index (κ3) is 4.01. The van der Waals surface area contributed by atoms with Crippen LogP contribution in [0.4, 0.5) is 0 Å². The zero-order chi connectivity index (χ0) is 13.8. The summed E-state index contributed by atoms with van der Waals surface area (Å²) >= 11 is 0. The van der Waals surface area contributed by atoms with Crippen molar-refractivity contribution >= 4 is 0 Å². The highest BCUT2D eigenvalue weighted by molar-refractivity contribution is 5.14. The Morgan fingerprint density at radius 1 is 1.40 bits per heavy atom. The van der Waals surface area contributed by atoms with E-state index in [2.05, 4.69) is 34.3 Å². The summed E-state index contributed by atoms with van der Waals surface area (Å²) in [7, 11) is 0. The molecule has 0 spiro atoms. The summed E-state index contributed by atoms with van der Waals surface area (Å²) in [5, 5.41) is 3.52. The first kappa shape index (κ1) is 14.0. The van der Waals surface area contributed by atoms with Crippen molar-refractivity contribution in [2.45, 2.75) is 51.4 Å². The summed E-state index contributed by atoms with van der Waals surface area (Å²) in [5.41, 5.74) is 2.45. The zero-order valence-electron chi connectivity index (χ0n) is 12.3. The first-order valence-corrected chi connectivity index (χ1v) is 7.84. The van der Waals surface area contributed by atoms with Gasteiger partial charge in [-0.05, 0) is 30.9 Å². The maximum atomic E-state index is 5.70. The van der Waals surface area contributed by atoms with E-state index in [1.54, 1.807) is 0 Å². The van der Waals surface area contributed by atoms with Gasteiger partial charge in [-0.2, -0.15) is 0 Å². The van der Waals surface area contributed by atoms with E-state index in [-0.39, 0.29) is 0 Å². The molecule has 1 unspecified atom stereocenters. The van der Waals surface area contributed by atoms with Crippen molar-refractivity contribution in [1.29, 1.82) is 0 Å². The molecule has 4 heteroatoms. The highest BCUT2D eigenvalue weighted by Crippen LogP contribution is 2.19. The van der Waals surface area contributed by atoms with E-state index < -0.39 is 0 Å². The van der Waals surface area contributed by atoms with E-state index in [4.69, 9.17) is 4.74 Å². The average molecular weight is 275 g/mol. The number of rotatable bonds is 6. The lowest BCUT2D eigenvalue weighted by molar-refractivity contribution is -0.0328. The number of pyridine rings is 1. The van der Waals surface area contributed by atoms with E-state index in [1.165, 1.54) is 18.4 Å². The Hall–Kier alpha value is -0.970. The van der Waals surface area contributed by atoms with Gasteiger partial charge in [0.2, 0.25) is 0 Å². The molecule has 0 bridgehead atoms. The molecule has 0 radical (unpaired) electrons. The third-order valence-electron chi connectivity index (χ3n) is 4.12. The maximum Gasteiger partial charge on any atom is 0.0700 e. The number of nitrogens with one attached hydrogen (secondary N) is 1. The Labute approximate surface area is 121 Å². The van der Waals surface area contributed by atoms with Crippen LogP contribution in [0.1, 0.15) is 37.4 Å². The molecule has 2 heterocycles. The lowest BCUT2D eigenvalue weighted by atomic mass is 10.2. The van der Waals surface area contributed by atoms with Crippen molar-refractivity contribution in [3.8, 4) is 0 Å². The lowest BCUT2D eigenvalue weighted by Gasteiger charge is -2.32. The molecule has 1 atom stereocenters. The molecule has 1 saturated heterocycles. The molecule has 2 fully saturated rings. The fourth-order valence-corrected chi connectivity index (χ4v) is 2.60. The molecular weight excluding hydrogens is 250 g/mol. The molecule has 1 saturated carbocycles. The van der Waals surface area contributed by atoms with Gasteiger partial charge in [-0.25, -0.2) is 0 Å². The van der Waals surface area contributed by atoms with Crippen LogP contribution < -0.4 is 5.32 Å². The maximum absolute atomic E-state index is 5.70. The van der Waals surface area contributed by atoms with Crippen LogP contribution in [-0.2, 0) is 17.8 Å². The third-order valence-corrected chi connectivity index (χ3v) is 4.12. The highest BCUT2D eigenvalue weighted by atomic mass is 16.5. The molecule has 0 aromatic carbocycles. The van der Waals surface area contributed by atoms with E-state index in [1.807, 2.05) is 6.20 Å². The number of hydrogen-bond acceptors (Lipinski definition) is 4. The lowest BCUT2D eigenvalue weighted by Crippen LogP contribution is -2.41. The quantitative estimate of drug-likeness (QED) is 0.861. The average Bonchev–Trinajstić information content (AvgIpc) is 3.31. The van der Waals surface area contributed by atoms with Gasteiger partial charge in [-0.3, -0.25) is 9.88 Å². The van der Waals surface area contributed by atoms with E-state index in [9.17, 15) is 0 Å². The summed E-state index contributed by atoms with van der Waals surface area (Å²) in [6.45, 7) is 6.98. The van der Waals surface area contributed by atoms with Crippen LogP contribution in [-0.4, -0.2) is 41.7 Å². The summed E-state index contributed by atoms with van der Waals surface area (Å²) in [6.07, 6.45) is 6.17. The molecule has 3 rings (SSSR count). The molecule has 1 aromatic rings. The van der Waals surface area contributed by atoms with Crippen LogP contribution in [0.15, 0.2) is 18.3 Å². The second-order valence-corrected chi connectivity index (χ2v) is 5.95. The second kappa shape index (κ2) is 6.66. The van der Waals surface area contributed by atoms with Gasteiger partial charge >= 0.3 is 0 Å². The molecule has 110 valence electrons. The highest BCUT2D eigenvalue weighted by Gasteiger charge is 2.20. The van der Waals surface area contributed by atoms with Crippen molar-refractivity contribution in [2.24, 2.45) is 0 Å². The topological polar surface area (TPSA) is 37.4 Å². The summed E-state index contributed by atoms with van der Waals surface area (Å²) < 4.78 is 5.70. The number of nitrogens with zero attached hydrogens (tertiary/aromatic N) is 2. The summed E-state index contributed by atoms with van der Waals surface area (Å²) in [6, 6.07) is 5.13. The van der Waals surface area contributed by atoms with Crippen molar-refractivity contribution in [2.75, 3.05) is 19.7 Å². The second-order valence-electron chi connectivity index (χ2n) is 5.95. The van der Waals surface area contributed by atoms with Crippen LogP contribution >= 0.6 is 0 Å². The molecule has 1 aliphatic carbocycles. The van der Waals surface area contributed by atoms with Crippen LogP contribution in [0, 0.1) is 0 Å². The van der Waals surface area contributed by atoms with E-state index >= 15 is 0 Å². The van der Waals surface area contributed by atoms with Gasteiger partial charge in [0.25, 0.3) is 0 Å². The fraction of sp³-hybridized carbons (Fsp3) is 0.688. The number of ether oxygens (including phenoxy) is 1. The molecule has 1 N–H and O–H groups in total. The number of hydrogen-bond donors (Lipinski definition) is 1. The van der Waals surface area contributed by atoms with Gasteiger partial charge in [-0.15, -0.1) is 0 Å². The van der Waals surface area contributed by atoms with E-state index in [0.29, 0.717) is 6.10 Å². The number of morpholine rings is 1. The molecule has 1 aliphatic heterocycles. The van der Waals surface area contributed by atoms with Crippen LogP contribution in [0.25, 0.3) is 0 Å². The largest absolute Gasteiger partial charge is 0.376 e. The normalized spacial score (nSPS) is 23.9. The number of aromatic nitrogens is 1. The molecule has 1 aromatic heterocycles. The monoisotopic (exact) mass is 275 g/mol. The predicted octanol–water partition coefficient (Wildman–Crippen LogP) is 1.94. The van der Waals surface area contributed by atoms with Crippen molar-refractivity contribution in [1.82, 2.24) is 15.2 Å². The molecule has 4 nitrogen and oxygen atoms in total. The SMILES string of the molecule is CCC1CN(Cc2ccc(CNC3CC3)cn2)CCO1. The van der Waals surface area contributed by atoms with Gasteiger partial charge < -0.3 is 10.1 Å². The smallest absolute Gasteiger partial charge is 0.0700 e. The van der Waals surface area contributed by atoms with Gasteiger partial charge in [0.1, 0.15) is 0 Å². The molecule has 2 aliphatic rings. The fourth-order valence-electron chi connectivity index (χ4n) is 2.60. The Morgan fingerprint density at radius 3 is 3.00 bits per heavy atom. The molecular formula is C16H25N3O. The van der Waals surface area contributed by atoms with Crippen LogP contribution in [0.3, 0.4) is 0 Å². The first-order chi connectivity index (χ1) is 9.83. The molecule has 0 amide bonds. The first-order valence-electron chi connectivity index (χ1n) is 7.84. The van der Waals surface area contributed by atoms with E-state index in [0.717, 1.165) is 50.9 Å². The Kier molecular flexibility index (Phi) is 4.65. The van der Waals surface area contributed by atoms with Crippen molar-refractivity contribution in [3.05, 3.63) is 29.6 Å². The predicted molar refractivity (Wildman–Crippen MR) is 79.4 cm³/mol. The van der Waals surface area contributed by atoms with Crippen LogP contribution in [0.2, 0.25) is 0 Å².